The number of carbonyl (C=O) groups excluding carboxylic acids is 1. The van der Waals surface area contributed by atoms with Crippen molar-refractivity contribution in [2.24, 2.45) is 11.8 Å². The maximum Gasteiger partial charge on any atom is 0.410 e. The molecule has 1 rings (SSSR count). The van der Waals surface area contributed by atoms with Crippen molar-refractivity contribution in [3.8, 4) is 0 Å². The number of hydrogen-bond acceptors (Lipinski definition) is 4. The Hall–Kier alpha value is -1.30. The van der Waals surface area contributed by atoms with Crippen LogP contribution in [0.25, 0.3) is 0 Å². The van der Waals surface area contributed by atoms with Crippen LogP contribution in [-0.2, 0) is 14.3 Å². The molecule has 1 N–H and O–H groups in total. The third kappa shape index (κ3) is 5.53. The molecule has 0 bridgehead atoms. The fourth-order valence-electron chi connectivity index (χ4n) is 2.61. The quantitative estimate of drug-likeness (QED) is 0.862. The van der Waals surface area contributed by atoms with Gasteiger partial charge in [-0.05, 0) is 45.4 Å². The Bertz CT molecular complexity index is 377. The first-order valence-electron chi connectivity index (χ1n) is 7.37. The van der Waals surface area contributed by atoms with Gasteiger partial charge in [0.05, 0.1) is 0 Å². The van der Waals surface area contributed by atoms with Gasteiger partial charge in [-0.15, -0.1) is 0 Å². The number of carbonyl (C=O) groups is 2. The Morgan fingerprint density at radius 3 is 2.43 bits per heavy atom. The summed E-state index contributed by atoms with van der Waals surface area (Å²) < 4.78 is 10.4. The summed E-state index contributed by atoms with van der Waals surface area (Å²) in [4.78, 5) is 24.8. The minimum Gasteiger partial charge on any atom is -0.479 e. The number of ether oxygens (including phenoxy) is 2. The molecule has 1 fully saturated rings. The van der Waals surface area contributed by atoms with Gasteiger partial charge in [0.2, 0.25) is 0 Å². The minimum atomic E-state index is -0.931. The second-order valence-electron chi connectivity index (χ2n) is 6.75. The van der Waals surface area contributed by atoms with E-state index < -0.39 is 17.7 Å². The van der Waals surface area contributed by atoms with E-state index in [0.29, 0.717) is 19.5 Å². The standard InChI is InChI=1S/C15H27NO5/c1-10-9-16(14(19)21-15(2,3)4)7-6-11(10)8-12(20-5)13(17)18/h10-12H,6-9H2,1-5H3,(H,17,18). The highest BCUT2D eigenvalue weighted by atomic mass is 16.6. The summed E-state index contributed by atoms with van der Waals surface area (Å²) in [6.45, 7) is 8.76. The monoisotopic (exact) mass is 301 g/mol. The summed E-state index contributed by atoms with van der Waals surface area (Å²) in [5, 5.41) is 9.05. The van der Waals surface area contributed by atoms with Gasteiger partial charge in [0.15, 0.2) is 6.10 Å². The Balaban J connectivity index is 2.54. The first kappa shape index (κ1) is 17.8. The average molecular weight is 301 g/mol. The van der Waals surface area contributed by atoms with E-state index in [4.69, 9.17) is 14.6 Å². The maximum atomic E-state index is 12.0. The number of methoxy groups -OCH3 is 1. The zero-order valence-electron chi connectivity index (χ0n) is 13.6. The van der Waals surface area contributed by atoms with E-state index in [1.54, 1.807) is 4.90 Å². The molecule has 1 heterocycles. The lowest BCUT2D eigenvalue weighted by Crippen LogP contribution is -2.46. The van der Waals surface area contributed by atoms with Crippen LogP contribution in [0.3, 0.4) is 0 Å². The lowest BCUT2D eigenvalue weighted by atomic mass is 9.83. The Morgan fingerprint density at radius 2 is 2.00 bits per heavy atom. The average Bonchev–Trinajstić information content (AvgIpc) is 2.34. The van der Waals surface area contributed by atoms with Crippen LogP contribution in [-0.4, -0.2) is 54.0 Å². The summed E-state index contributed by atoms with van der Waals surface area (Å²) >= 11 is 0. The number of aliphatic carboxylic acids is 1. The van der Waals surface area contributed by atoms with Crippen LogP contribution in [0.4, 0.5) is 4.79 Å². The van der Waals surface area contributed by atoms with Crippen LogP contribution < -0.4 is 0 Å². The third-order valence-electron chi connectivity index (χ3n) is 3.81. The SMILES string of the molecule is COC(CC1CCN(C(=O)OC(C)(C)C)CC1C)C(=O)O. The summed E-state index contributed by atoms with van der Waals surface area (Å²) in [5.41, 5.74) is -0.498. The second-order valence-corrected chi connectivity index (χ2v) is 6.75. The first-order valence-corrected chi connectivity index (χ1v) is 7.37. The second kappa shape index (κ2) is 7.11. The number of carboxylic acids is 1. The van der Waals surface area contributed by atoms with Crippen LogP contribution in [0.2, 0.25) is 0 Å². The number of piperidine rings is 1. The number of rotatable bonds is 4. The van der Waals surface area contributed by atoms with E-state index in [-0.39, 0.29) is 17.9 Å². The van der Waals surface area contributed by atoms with Crippen molar-refractivity contribution in [2.75, 3.05) is 20.2 Å². The fourth-order valence-corrected chi connectivity index (χ4v) is 2.61. The zero-order chi connectivity index (χ0) is 16.2. The maximum absolute atomic E-state index is 12.0. The summed E-state index contributed by atoms with van der Waals surface area (Å²) in [7, 11) is 1.42. The molecule has 1 amide bonds. The van der Waals surface area contributed by atoms with Crippen molar-refractivity contribution in [3.05, 3.63) is 0 Å². The van der Waals surface area contributed by atoms with Gasteiger partial charge in [-0.25, -0.2) is 9.59 Å². The van der Waals surface area contributed by atoms with Crippen molar-refractivity contribution in [2.45, 2.75) is 52.2 Å². The lowest BCUT2D eigenvalue weighted by Gasteiger charge is -2.38. The van der Waals surface area contributed by atoms with Gasteiger partial charge in [0.1, 0.15) is 5.60 Å². The van der Waals surface area contributed by atoms with Gasteiger partial charge in [0, 0.05) is 20.2 Å². The Labute approximate surface area is 126 Å². The van der Waals surface area contributed by atoms with Gasteiger partial charge in [0.25, 0.3) is 0 Å². The molecule has 6 nitrogen and oxygen atoms in total. The predicted molar refractivity (Wildman–Crippen MR) is 78.1 cm³/mol. The predicted octanol–water partition coefficient (Wildman–Crippen LogP) is 2.37. The molecule has 0 aromatic rings. The molecule has 122 valence electrons. The molecule has 0 saturated carbocycles. The largest absolute Gasteiger partial charge is 0.479 e. The van der Waals surface area contributed by atoms with E-state index in [0.717, 1.165) is 6.42 Å². The van der Waals surface area contributed by atoms with Gasteiger partial charge in [-0.1, -0.05) is 6.92 Å². The molecule has 1 aliphatic heterocycles. The molecule has 0 aliphatic carbocycles. The molecular weight excluding hydrogens is 274 g/mol. The van der Waals surface area contributed by atoms with Gasteiger partial charge in [-0.2, -0.15) is 0 Å². The lowest BCUT2D eigenvalue weighted by molar-refractivity contribution is -0.150. The zero-order valence-corrected chi connectivity index (χ0v) is 13.6. The highest BCUT2D eigenvalue weighted by Crippen LogP contribution is 2.29. The van der Waals surface area contributed by atoms with E-state index in [9.17, 15) is 9.59 Å². The molecule has 6 heteroatoms. The van der Waals surface area contributed by atoms with Crippen LogP contribution >= 0.6 is 0 Å². The van der Waals surface area contributed by atoms with Crippen molar-refractivity contribution < 1.29 is 24.2 Å². The fraction of sp³-hybridized carbons (Fsp3) is 0.867. The van der Waals surface area contributed by atoms with E-state index in [2.05, 4.69) is 0 Å². The number of nitrogens with zero attached hydrogens (tertiary/aromatic N) is 1. The summed E-state index contributed by atoms with van der Waals surface area (Å²) in [5.74, 6) is -0.465. The highest BCUT2D eigenvalue weighted by molar-refractivity contribution is 5.72. The summed E-state index contributed by atoms with van der Waals surface area (Å²) in [6, 6.07) is 0. The van der Waals surface area contributed by atoms with Crippen LogP contribution in [0.15, 0.2) is 0 Å². The smallest absolute Gasteiger partial charge is 0.410 e. The Morgan fingerprint density at radius 1 is 1.38 bits per heavy atom. The first-order chi connectivity index (χ1) is 9.64. The third-order valence-corrected chi connectivity index (χ3v) is 3.81. The van der Waals surface area contributed by atoms with Crippen LogP contribution in [0.5, 0.6) is 0 Å². The number of hydrogen-bond donors (Lipinski definition) is 1. The van der Waals surface area contributed by atoms with E-state index in [1.807, 2.05) is 27.7 Å². The molecule has 0 radical (unpaired) electrons. The van der Waals surface area contributed by atoms with Crippen molar-refractivity contribution >= 4 is 12.1 Å². The summed E-state index contributed by atoms with van der Waals surface area (Å²) in [6.07, 6.45) is 0.183. The van der Waals surface area contributed by atoms with Crippen LogP contribution in [0.1, 0.15) is 40.5 Å². The minimum absolute atomic E-state index is 0.225. The number of likely N-dealkylation sites (tertiary alicyclic amines) is 1. The molecule has 0 aromatic heterocycles. The molecule has 0 spiro atoms. The number of carboxylic acid groups (broad SMARTS) is 1. The van der Waals surface area contributed by atoms with E-state index >= 15 is 0 Å². The van der Waals surface area contributed by atoms with Crippen molar-refractivity contribution in [3.63, 3.8) is 0 Å². The van der Waals surface area contributed by atoms with Gasteiger partial charge >= 0.3 is 12.1 Å². The molecule has 3 unspecified atom stereocenters. The normalized spacial score (nSPS) is 24.5. The molecular formula is C15H27NO5. The molecule has 1 aliphatic rings. The topological polar surface area (TPSA) is 76.1 Å². The van der Waals surface area contributed by atoms with Crippen molar-refractivity contribution in [1.82, 2.24) is 4.90 Å². The van der Waals surface area contributed by atoms with Crippen molar-refractivity contribution in [1.29, 1.82) is 0 Å². The molecule has 1 saturated heterocycles. The molecule has 0 aromatic carbocycles. The molecule has 21 heavy (non-hydrogen) atoms. The van der Waals surface area contributed by atoms with E-state index in [1.165, 1.54) is 7.11 Å². The van der Waals surface area contributed by atoms with Crippen LogP contribution in [0, 0.1) is 11.8 Å². The molecule has 3 atom stereocenters. The number of amides is 1. The highest BCUT2D eigenvalue weighted by Gasteiger charge is 2.33. The Kier molecular flexibility index (Phi) is 6.01. The van der Waals surface area contributed by atoms with Gasteiger partial charge < -0.3 is 19.5 Å². The van der Waals surface area contributed by atoms with Gasteiger partial charge in [-0.3, -0.25) is 0 Å².